The molecule has 1 heterocycles. The van der Waals surface area contributed by atoms with Crippen molar-refractivity contribution < 1.29 is 13.2 Å². The van der Waals surface area contributed by atoms with E-state index in [1.807, 2.05) is 0 Å². The van der Waals surface area contributed by atoms with E-state index >= 15 is 0 Å². The van der Waals surface area contributed by atoms with Crippen LogP contribution in [0, 0.1) is 28.5 Å². The summed E-state index contributed by atoms with van der Waals surface area (Å²) in [6, 6.07) is 3.65. The smallest absolute Gasteiger partial charge is 0.236 e. The normalized spacial score (nSPS) is 9.73. The summed E-state index contributed by atoms with van der Waals surface area (Å²) in [6.45, 7) is 0. The molecule has 0 aliphatic carbocycles. The highest BCUT2D eigenvalue weighted by Crippen LogP contribution is 2.21. The first-order chi connectivity index (χ1) is 7.10. The Balaban J connectivity index is 3.33. The van der Waals surface area contributed by atoms with Crippen LogP contribution in [-0.2, 0) is 6.42 Å². The molecule has 0 saturated carbocycles. The van der Waals surface area contributed by atoms with Crippen molar-refractivity contribution in [1.29, 1.82) is 10.5 Å². The molecule has 0 fully saturated rings. The van der Waals surface area contributed by atoms with E-state index in [0.717, 1.165) is 0 Å². The van der Waals surface area contributed by atoms with Gasteiger partial charge in [-0.25, -0.2) is 18.2 Å². The summed E-state index contributed by atoms with van der Waals surface area (Å²) >= 11 is 0. The predicted molar refractivity (Wildman–Crippen MR) is 43.2 cm³/mol. The fourth-order valence-electron chi connectivity index (χ4n) is 1.01. The van der Waals surface area contributed by atoms with E-state index in [1.165, 1.54) is 6.07 Å². The average molecular weight is 211 g/mol. The molecule has 0 aliphatic heterocycles. The Bertz CT molecular complexity index is 457. The Kier molecular flexibility index (Phi) is 3.25. The van der Waals surface area contributed by atoms with E-state index in [1.54, 1.807) is 6.07 Å². The number of nitrogens with zero attached hydrogens (tertiary/aromatic N) is 3. The third-order valence-corrected chi connectivity index (χ3v) is 1.67. The molecule has 76 valence electrons. The lowest BCUT2D eigenvalue weighted by Crippen LogP contribution is -2.02. The van der Waals surface area contributed by atoms with Crippen LogP contribution in [0.4, 0.5) is 13.2 Å². The highest BCUT2D eigenvalue weighted by atomic mass is 19.3. The van der Waals surface area contributed by atoms with Crippen LogP contribution in [-0.4, -0.2) is 4.98 Å². The summed E-state index contributed by atoms with van der Waals surface area (Å²) < 4.78 is 37.5. The first-order valence-corrected chi connectivity index (χ1v) is 3.84. The molecular weight excluding hydrogens is 207 g/mol. The summed E-state index contributed by atoms with van der Waals surface area (Å²) in [5.74, 6) is -1.00. The Morgan fingerprint density at radius 3 is 2.53 bits per heavy atom. The van der Waals surface area contributed by atoms with Crippen molar-refractivity contribution in [2.75, 3.05) is 0 Å². The predicted octanol–water partition coefficient (Wildman–Crippen LogP) is 2.10. The van der Waals surface area contributed by atoms with Crippen molar-refractivity contribution in [2.45, 2.75) is 12.8 Å². The monoisotopic (exact) mass is 211 g/mol. The van der Waals surface area contributed by atoms with Crippen molar-refractivity contribution in [3.05, 3.63) is 28.8 Å². The molecule has 0 amide bonds. The molecular formula is C9H4F3N3. The lowest BCUT2D eigenvalue weighted by molar-refractivity contribution is 0.145. The van der Waals surface area contributed by atoms with Crippen LogP contribution in [0.25, 0.3) is 0 Å². The number of alkyl halides is 2. The SMILES string of the molecule is N#CCc1c(F)cc(C(F)F)nc1C#N. The summed E-state index contributed by atoms with van der Waals surface area (Å²) in [5.41, 5.74) is -1.51. The molecule has 0 atom stereocenters. The number of aromatic nitrogens is 1. The van der Waals surface area contributed by atoms with Crippen LogP contribution in [0.15, 0.2) is 6.07 Å². The Labute approximate surface area is 83.4 Å². The quantitative estimate of drug-likeness (QED) is 0.752. The summed E-state index contributed by atoms with van der Waals surface area (Å²) in [7, 11) is 0. The van der Waals surface area contributed by atoms with E-state index < -0.39 is 23.6 Å². The number of rotatable bonds is 2. The second kappa shape index (κ2) is 4.43. The van der Waals surface area contributed by atoms with Crippen LogP contribution in [0.5, 0.6) is 0 Å². The molecule has 0 saturated heterocycles. The van der Waals surface area contributed by atoms with Crippen LogP contribution in [0.2, 0.25) is 0 Å². The maximum Gasteiger partial charge on any atom is 0.280 e. The van der Waals surface area contributed by atoms with Gasteiger partial charge in [-0.2, -0.15) is 10.5 Å². The second-order valence-corrected chi connectivity index (χ2v) is 2.60. The molecule has 0 bridgehead atoms. The van der Waals surface area contributed by atoms with Gasteiger partial charge in [0.25, 0.3) is 6.43 Å². The molecule has 3 nitrogen and oxygen atoms in total. The minimum Gasteiger partial charge on any atom is -0.236 e. The van der Waals surface area contributed by atoms with Gasteiger partial charge in [0, 0.05) is 11.6 Å². The summed E-state index contributed by atoms with van der Waals surface area (Å²) in [5, 5.41) is 16.9. The standard InChI is InChI=1S/C9H4F3N3/c10-6-3-7(9(11)12)15-8(4-14)5(6)1-2-13/h3,9H,1H2. The van der Waals surface area contributed by atoms with Gasteiger partial charge in [-0.15, -0.1) is 0 Å². The number of pyridine rings is 1. The molecule has 0 aliphatic rings. The van der Waals surface area contributed by atoms with Gasteiger partial charge in [0.1, 0.15) is 23.3 Å². The van der Waals surface area contributed by atoms with E-state index in [2.05, 4.69) is 4.98 Å². The van der Waals surface area contributed by atoms with Gasteiger partial charge >= 0.3 is 0 Å². The Morgan fingerprint density at radius 2 is 2.07 bits per heavy atom. The first kappa shape index (κ1) is 11.0. The minimum absolute atomic E-state index is 0.246. The first-order valence-electron chi connectivity index (χ1n) is 3.84. The highest BCUT2D eigenvalue weighted by molar-refractivity contribution is 5.35. The maximum absolute atomic E-state index is 13.2. The van der Waals surface area contributed by atoms with Crippen LogP contribution >= 0.6 is 0 Å². The average Bonchev–Trinajstić information content (AvgIpc) is 2.20. The molecule has 0 N–H and O–H groups in total. The molecule has 6 heteroatoms. The third-order valence-electron chi connectivity index (χ3n) is 1.67. The van der Waals surface area contributed by atoms with Gasteiger partial charge in [-0.05, 0) is 0 Å². The van der Waals surface area contributed by atoms with Crippen molar-refractivity contribution in [3.8, 4) is 12.1 Å². The maximum atomic E-state index is 13.2. The van der Waals surface area contributed by atoms with E-state index in [9.17, 15) is 13.2 Å². The van der Waals surface area contributed by atoms with Gasteiger partial charge in [-0.3, -0.25) is 0 Å². The molecule has 1 rings (SSSR count). The number of halogens is 3. The van der Waals surface area contributed by atoms with Crippen LogP contribution < -0.4 is 0 Å². The van der Waals surface area contributed by atoms with Gasteiger partial charge in [0.05, 0.1) is 12.5 Å². The van der Waals surface area contributed by atoms with Gasteiger partial charge in [-0.1, -0.05) is 0 Å². The zero-order valence-corrected chi connectivity index (χ0v) is 7.34. The molecule has 1 aromatic rings. The molecule has 0 aromatic carbocycles. The van der Waals surface area contributed by atoms with Crippen molar-refractivity contribution in [2.24, 2.45) is 0 Å². The molecule has 1 aromatic heterocycles. The lowest BCUT2D eigenvalue weighted by Gasteiger charge is -2.04. The topological polar surface area (TPSA) is 60.5 Å². The number of hydrogen-bond donors (Lipinski definition) is 0. The third kappa shape index (κ3) is 2.23. The van der Waals surface area contributed by atoms with Gasteiger partial charge in [0.2, 0.25) is 0 Å². The van der Waals surface area contributed by atoms with Gasteiger partial charge in [0.15, 0.2) is 0 Å². The Hall–Kier alpha value is -2.08. The zero-order valence-electron chi connectivity index (χ0n) is 7.34. The number of nitriles is 2. The molecule has 0 radical (unpaired) electrons. The van der Waals surface area contributed by atoms with E-state index in [-0.39, 0.29) is 12.0 Å². The van der Waals surface area contributed by atoms with Crippen molar-refractivity contribution >= 4 is 0 Å². The van der Waals surface area contributed by atoms with E-state index in [4.69, 9.17) is 10.5 Å². The largest absolute Gasteiger partial charge is 0.280 e. The van der Waals surface area contributed by atoms with Crippen molar-refractivity contribution in [3.63, 3.8) is 0 Å². The molecule has 15 heavy (non-hydrogen) atoms. The lowest BCUT2D eigenvalue weighted by atomic mass is 10.1. The fourth-order valence-corrected chi connectivity index (χ4v) is 1.01. The van der Waals surface area contributed by atoms with Crippen LogP contribution in [0.3, 0.4) is 0 Å². The van der Waals surface area contributed by atoms with Crippen LogP contribution in [0.1, 0.15) is 23.4 Å². The zero-order chi connectivity index (χ0) is 11.4. The second-order valence-electron chi connectivity index (χ2n) is 2.60. The highest BCUT2D eigenvalue weighted by Gasteiger charge is 2.17. The Morgan fingerprint density at radius 1 is 1.40 bits per heavy atom. The number of hydrogen-bond acceptors (Lipinski definition) is 3. The summed E-state index contributed by atoms with van der Waals surface area (Å²) in [6.07, 6.45) is -3.31. The van der Waals surface area contributed by atoms with Gasteiger partial charge < -0.3 is 0 Å². The van der Waals surface area contributed by atoms with Crippen molar-refractivity contribution in [1.82, 2.24) is 4.98 Å². The summed E-state index contributed by atoms with van der Waals surface area (Å²) in [4.78, 5) is 3.27. The fraction of sp³-hybridized carbons (Fsp3) is 0.222. The molecule has 0 spiro atoms. The minimum atomic E-state index is -2.94. The van der Waals surface area contributed by atoms with E-state index in [0.29, 0.717) is 6.07 Å². The molecule has 0 unspecified atom stereocenters.